The van der Waals surface area contributed by atoms with Crippen LogP contribution in [0.5, 0.6) is 0 Å². The van der Waals surface area contributed by atoms with E-state index >= 15 is 0 Å². The van der Waals surface area contributed by atoms with Crippen LogP contribution in [0.2, 0.25) is 0 Å². The van der Waals surface area contributed by atoms with Gasteiger partial charge in [0.15, 0.2) is 17.5 Å². The Morgan fingerprint density at radius 3 is 1.67 bits per heavy atom. The molecule has 1 rings (SSSR count). The van der Waals surface area contributed by atoms with Crippen LogP contribution in [0.15, 0.2) is 9.32 Å². The van der Waals surface area contributed by atoms with Gasteiger partial charge in [0.25, 0.3) is 0 Å². The Balaban J connectivity index is 2.77. The Bertz CT molecular complexity index is 78.9. The van der Waals surface area contributed by atoms with E-state index in [4.69, 9.17) is 0 Å². The van der Waals surface area contributed by atoms with Crippen molar-refractivity contribution >= 4 is 30.0 Å². The second kappa shape index (κ2) is 2.04. The smallest absolute Gasteiger partial charge is 0.188 e. The zero-order chi connectivity index (χ0) is 4.24. The minimum Gasteiger partial charge on any atom is -0.305 e. The van der Waals surface area contributed by atoms with Crippen LogP contribution in [0, 0.1) is 0 Å². The average Bonchev–Trinajstić information content (AvgIpc) is 1.72. The predicted octanol–water partition coefficient (Wildman–Crippen LogP) is -0.705. The maximum atomic E-state index is 3.94. The Labute approximate surface area is 40.1 Å². The van der Waals surface area contributed by atoms with Gasteiger partial charge in [-0.05, 0) is 0 Å². The first kappa shape index (κ1) is 3.95. The molecule has 0 aliphatic carbocycles. The molecule has 0 aromatic carbocycles. The van der Waals surface area contributed by atoms with Gasteiger partial charge in [-0.3, -0.25) is 0 Å². The van der Waals surface area contributed by atoms with E-state index in [0.717, 1.165) is 0 Å². The number of hydrogen-bond acceptors (Lipinski definition) is 2. The molecule has 0 aromatic heterocycles. The van der Waals surface area contributed by atoms with E-state index in [1.807, 2.05) is 0 Å². The van der Waals surface area contributed by atoms with Crippen LogP contribution in [-0.2, 0) is 0 Å². The highest BCUT2D eigenvalue weighted by Crippen LogP contribution is 1.58. The first-order valence-corrected chi connectivity index (χ1v) is 4.44. The van der Waals surface area contributed by atoms with Gasteiger partial charge >= 0.3 is 0 Å². The fraction of sp³-hybridized carbons (Fsp3) is 0. The molecule has 0 atom stereocenters. The van der Waals surface area contributed by atoms with E-state index < -0.39 is 0 Å². The largest absolute Gasteiger partial charge is 0.305 e. The highest BCUT2D eigenvalue weighted by Gasteiger charge is 1.70. The molecule has 0 saturated carbocycles. The summed E-state index contributed by atoms with van der Waals surface area (Å²) >= 11 is 0. The molecule has 0 amide bonds. The molecule has 0 N–H and O–H groups in total. The highest BCUT2D eigenvalue weighted by molar-refractivity contribution is 6.74. The first-order chi connectivity index (χ1) is 3.00. The van der Waals surface area contributed by atoms with Gasteiger partial charge in [-0.1, -0.05) is 0 Å². The Morgan fingerprint density at radius 1 is 1.00 bits per heavy atom. The monoisotopic (exact) mass is 110 g/mol. The molecule has 2 radical (unpaired) electrons. The second-order valence-corrected chi connectivity index (χ2v) is 3.09. The normalized spacial score (nSPS) is 16.0. The molecule has 0 saturated heterocycles. The molecule has 2 nitrogen and oxygen atoms in total. The Hall–Kier alpha value is -0.226. The molecule has 0 fully saturated rings. The molecule has 1 aliphatic rings. The Kier molecular flexibility index (Phi) is 1.34. The van der Waals surface area contributed by atoms with Gasteiger partial charge in [0, 0.05) is 12.4 Å². The lowest BCUT2D eigenvalue weighted by molar-refractivity contribution is 1.88. The summed E-state index contributed by atoms with van der Waals surface area (Å²) < 4.78 is 7.89. The van der Waals surface area contributed by atoms with E-state index in [2.05, 4.69) is 9.32 Å². The van der Waals surface area contributed by atoms with Gasteiger partial charge in [0.05, 0.1) is 0 Å². The van der Waals surface area contributed by atoms with E-state index in [9.17, 15) is 0 Å². The lowest BCUT2D eigenvalue weighted by Crippen LogP contribution is -1.89. The fourth-order valence-corrected chi connectivity index (χ4v) is 1.39. The molecule has 0 bridgehead atoms. The van der Waals surface area contributed by atoms with Crippen molar-refractivity contribution in [2.75, 3.05) is 0 Å². The van der Waals surface area contributed by atoms with Gasteiger partial charge in [-0.25, -0.2) is 0 Å². The van der Waals surface area contributed by atoms with Crippen molar-refractivity contribution in [3.05, 3.63) is 0 Å². The van der Waals surface area contributed by atoms with E-state index in [-0.39, 0.29) is 0 Å². The number of hydrogen-bond donors (Lipinski definition) is 0. The molecule has 0 spiro atoms. The van der Waals surface area contributed by atoms with Crippen molar-refractivity contribution in [2.24, 2.45) is 9.32 Å². The topological polar surface area (TPSA) is 24.7 Å². The van der Waals surface area contributed by atoms with Crippen LogP contribution in [0.4, 0.5) is 0 Å². The third-order valence-electron chi connectivity index (χ3n) is 0.395. The summed E-state index contributed by atoms with van der Waals surface area (Å²) in [4.78, 5) is 0. The minimum absolute atomic E-state index is 0.701. The SMILES string of the molecule is C1=N[Si]=[Si]N=C1. The van der Waals surface area contributed by atoms with Crippen molar-refractivity contribution in [3.63, 3.8) is 0 Å². The van der Waals surface area contributed by atoms with Crippen LogP contribution >= 0.6 is 0 Å². The number of nitrogens with zero attached hydrogens (tertiary/aromatic N) is 2. The van der Waals surface area contributed by atoms with Gasteiger partial charge in [-0.15, -0.1) is 0 Å². The summed E-state index contributed by atoms with van der Waals surface area (Å²) in [5, 5.41) is 0. The molecule has 0 aromatic rings. The molecular weight excluding hydrogens is 108 g/mol. The quantitative estimate of drug-likeness (QED) is 0.368. The lowest BCUT2D eigenvalue weighted by Gasteiger charge is -1.75. The molecule has 1 heterocycles. The standard InChI is InChI=1S/C2H2N2Si2/c1-2-4-6-5-3-1/h1-2H. The molecule has 4 heteroatoms. The van der Waals surface area contributed by atoms with Crippen LogP contribution in [0.25, 0.3) is 0 Å². The van der Waals surface area contributed by atoms with Crippen molar-refractivity contribution < 1.29 is 0 Å². The zero-order valence-corrected chi connectivity index (χ0v) is 5.05. The molecular formula is C2H2N2Si2. The van der Waals surface area contributed by atoms with E-state index in [0.29, 0.717) is 17.5 Å². The fourth-order valence-electron chi connectivity index (χ4n) is 0.199. The molecule has 0 unspecified atom stereocenters. The molecule has 28 valence electrons. The summed E-state index contributed by atoms with van der Waals surface area (Å²) in [6.07, 6.45) is 3.49. The third-order valence-corrected chi connectivity index (χ3v) is 2.13. The zero-order valence-electron chi connectivity index (χ0n) is 3.05. The third kappa shape index (κ3) is 0.871. The summed E-state index contributed by atoms with van der Waals surface area (Å²) in [6.45, 7) is 0. The van der Waals surface area contributed by atoms with Crippen molar-refractivity contribution in [2.45, 2.75) is 0 Å². The van der Waals surface area contributed by atoms with E-state index in [1.165, 1.54) is 0 Å². The van der Waals surface area contributed by atoms with Gasteiger partial charge in [0.2, 0.25) is 0 Å². The lowest BCUT2D eigenvalue weighted by atomic mass is 10.8. The second-order valence-electron chi connectivity index (χ2n) is 0.780. The summed E-state index contributed by atoms with van der Waals surface area (Å²) in [7, 11) is 1.40. The van der Waals surface area contributed by atoms with Gasteiger partial charge in [-0.2, -0.15) is 0 Å². The summed E-state index contributed by atoms with van der Waals surface area (Å²) in [5.74, 6) is 0. The summed E-state index contributed by atoms with van der Waals surface area (Å²) in [6, 6.07) is 0. The van der Waals surface area contributed by atoms with Crippen LogP contribution in [0.3, 0.4) is 0 Å². The van der Waals surface area contributed by atoms with Crippen LogP contribution in [-0.4, -0.2) is 30.0 Å². The van der Waals surface area contributed by atoms with Crippen LogP contribution in [0.1, 0.15) is 0 Å². The molecule has 1 aliphatic heterocycles. The minimum atomic E-state index is 0.701. The predicted molar refractivity (Wildman–Crippen MR) is 28.5 cm³/mol. The van der Waals surface area contributed by atoms with Crippen molar-refractivity contribution in [3.8, 4) is 0 Å². The first-order valence-electron chi connectivity index (χ1n) is 1.55. The highest BCUT2D eigenvalue weighted by atomic mass is 28.9. The van der Waals surface area contributed by atoms with Crippen molar-refractivity contribution in [1.29, 1.82) is 0 Å². The number of rotatable bonds is 0. The average molecular weight is 110 g/mol. The summed E-state index contributed by atoms with van der Waals surface area (Å²) in [5.41, 5.74) is 0. The van der Waals surface area contributed by atoms with Crippen molar-refractivity contribution in [1.82, 2.24) is 0 Å². The van der Waals surface area contributed by atoms with Crippen LogP contribution < -0.4 is 0 Å². The van der Waals surface area contributed by atoms with E-state index in [1.54, 1.807) is 12.4 Å². The van der Waals surface area contributed by atoms with Gasteiger partial charge < -0.3 is 9.32 Å². The molecule has 6 heavy (non-hydrogen) atoms. The maximum Gasteiger partial charge on any atom is 0.188 e. The van der Waals surface area contributed by atoms with Gasteiger partial charge in [0.1, 0.15) is 0 Å². The maximum absolute atomic E-state index is 3.94. The Morgan fingerprint density at radius 2 is 1.50 bits per heavy atom.